The Hall–Kier alpha value is -2.93. The van der Waals surface area contributed by atoms with E-state index in [4.69, 9.17) is 12.2 Å². The lowest BCUT2D eigenvalue weighted by molar-refractivity contribution is -0.132. The Bertz CT molecular complexity index is 918. The molecule has 7 heteroatoms. The fourth-order valence-corrected chi connectivity index (χ4v) is 3.70. The zero-order valence-corrected chi connectivity index (χ0v) is 19.2. The molecule has 0 aliphatic carbocycles. The summed E-state index contributed by atoms with van der Waals surface area (Å²) in [6, 6.07) is 15.3. The minimum absolute atomic E-state index is 0.237. The van der Waals surface area contributed by atoms with Gasteiger partial charge in [0, 0.05) is 49.5 Å². The molecule has 0 bridgehead atoms. The van der Waals surface area contributed by atoms with E-state index in [2.05, 4.69) is 29.4 Å². The zero-order chi connectivity index (χ0) is 22.4. The normalized spacial score (nSPS) is 13.8. The zero-order valence-electron chi connectivity index (χ0n) is 18.4. The van der Waals surface area contributed by atoms with Gasteiger partial charge in [0.15, 0.2) is 5.11 Å². The predicted octanol–water partition coefficient (Wildman–Crippen LogP) is 3.82. The fourth-order valence-electron chi connectivity index (χ4n) is 3.49. The number of nitrogens with one attached hydrogen (secondary N) is 2. The maximum absolute atomic E-state index is 12.3. The molecule has 1 aliphatic heterocycles. The van der Waals surface area contributed by atoms with Gasteiger partial charge >= 0.3 is 0 Å². The molecule has 1 saturated heterocycles. The van der Waals surface area contributed by atoms with E-state index in [9.17, 15) is 9.59 Å². The maximum Gasteiger partial charge on any atom is 0.257 e. The number of rotatable bonds is 5. The summed E-state index contributed by atoms with van der Waals surface area (Å²) in [5.41, 5.74) is 3.58. The van der Waals surface area contributed by atoms with E-state index < -0.39 is 0 Å². The minimum atomic E-state index is -0.237. The second-order valence-electron chi connectivity index (χ2n) is 8.29. The summed E-state index contributed by atoms with van der Waals surface area (Å²) >= 11 is 5.27. The number of carbonyl (C=O) groups excluding carboxylic acids is 2. The Kier molecular flexibility index (Phi) is 7.63. The highest BCUT2D eigenvalue weighted by Crippen LogP contribution is 2.20. The summed E-state index contributed by atoms with van der Waals surface area (Å²) < 4.78 is 0. The van der Waals surface area contributed by atoms with Gasteiger partial charge in [0.25, 0.3) is 5.91 Å². The molecule has 6 nitrogen and oxygen atoms in total. The van der Waals surface area contributed by atoms with Crippen LogP contribution in [0.25, 0.3) is 0 Å². The van der Waals surface area contributed by atoms with Gasteiger partial charge in [-0.2, -0.15) is 0 Å². The molecule has 2 N–H and O–H groups in total. The van der Waals surface area contributed by atoms with Gasteiger partial charge in [-0.15, -0.1) is 0 Å². The van der Waals surface area contributed by atoms with E-state index in [0.29, 0.717) is 17.9 Å². The highest BCUT2D eigenvalue weighted by atomic mass is 32.1. The second-order valence-corrected chi connectivity index (χ2v) is 8.70. The third-order valence-electron chi connectivity index (χ3n) is 5.25. The molecule has 0 unspecified atom stereocenters. The molecule has 0 atom stereocenters. The number of thiocarbonyl (C=S) groups is 1. The Labute approximate surface area is 189 Å². The van der Waals surface area contributed by atoms with E-state index >= 15 is 0 Å². The minimum Gasteiger partial charge on any atom is -0.368 e. The van der Waals surface area contributed by atoms with Crippen molar-refractivity contribution in [2.24, 2.45) is 5.92 Å². The van der Waals surface area contributed by atoms with Gasteiger partial charge in [-0.05, 0) is 61.5 Å². The van der Waals surface area contributed by atoms with Crippen LogP contribution in [-0.2, 0) is 4.79 Å². The van der Waals surface area contributed by atoms with Crippen molar-refractivity contribution in [1.82, 2.24) is 10.2 Å². The lowest BCUT2D eigenvalue weighted by atomic mass is 10.1. The van der Waals surface area contributed by atoms with Crippen LogP contribution >= 0.6 is 12.2 Å². The SMILES string of the molecule is Cc1ccc(C(=O)NC(=S)Nc2ccc(N3CCN(C(=O)CC(C)C)CC3)cc2)cc1. The van der Waals surface area contributed by atoms with E-state index in [1.165, 1.54) is 0 Å². The number of hydrogen-bond donors (Lipinski definition) is 2. The number of benzene rings is 2. The average molecular weight is 439 g/mol. The molecule has 0 spiro atoms. The van der Waals surface area contributed by atoms with Crippen LogP contribution in [0.4, 0.5) is 11.4 Å². The van der Waals surface area contributed by atoms with Gasteiger partial charge in [0.05, 0.1) is 0 Å². The smallest absolute Gasteiger partial charge is 0.257 e. The molecule has 2 aromatic carbocycles. The predicted molar refractivity (Wildman–Crippen MR) is 130 cm³/mol. The molecular formula is C24H30N4O2S. The van der Waals surface area contributed by atoms with Gasteiger partial charge in [-0.3, -0.25) is 14.9 Å². The van der Waals surface area contributed by atoms with Crippen LogP contribution in [-0.4, -0.2) is 48.0 Å². The Morgan fingerprint density at radius 1 is 0.968 bits per heavy atom. The highest BCUT2D eigenvalue weighted by Gasteiger charge is 2.21. The first kappa shape index (κ1) is 22.7. The van der Waals surface area contributed by atoms with Crippen LogP contribution in [0.3, 0.4) is 0 Å². The summed E-state index contributed by atoms with van der Waals surface area (Å²) in [4.78, 5) is 28.8. The molecule has 1 aliphatic rings. The number of aryl methyl sites for hydroxylation is 1. The first-order valence-corrected chi connectivity index (χ1v) is 11.0. The number of amides is 2. The van der Waals surface area contributed by atoms with Crippen LogP contribution in [0.1, 0.15) is 36.2 Å². The molecule has 0 aromatic heterocycles. The average Bonchev–Trinajstić information content (AvgIpc) is 2.74. The molecule has 31 heavy (non-hydrogen) atoms. The number of anilines is 2. The highest BCUT2D eigenvalue weighted by molar-refractivity contribution is 7.80. The van der Waals surface area contributed by atoms with Crippen molar-refractivity contribution in [2.75, 3.05) is 36.4 Å². The van der Waals surface area contributed by atoms with Crippen molar-refractivity contribution in [3.8, 4) is 0 Å². The Morgan fingerprint density at radius 3 is 2.16 bits per heavy atom. The van der Waals surface area contributed by atoms with Gasteiger partial charge in [-0.1, -0.05) is 31.5 Å². The van der Waals surface area contributed by atoms with Gasteiger partial charge in [0.2, 0.25) is 5.91 Å². The maximum atomic E-state index is 12.3. The first-order valence-electron chi connectivity index (χ1n) is 10.6. The largest absolute Gasteiger partial charge is 0.368 e. The molecule has 3 rings (SSSR count). The molecule has 2 aromatic rings. The van der Waals surface area contributed by atoms with Crippen LogP contribution in [0, 0.1) is 12.8 Å². The standard InChI is InChI=1S/C24H30N4O2S/c1-17(2)16-22(29)28-14-12-27(13-15-28)21-10-8-20(9-11-21)25-24(31)26-23(30)19-6-4-18(3)5-7-19/h4-11,17H,12-16H2,1-3H3,(H2,25,26,30,31). The second kappa shape index (κ2) is 10.4. The Balaban J connectivity index is 1.49. The summed E-state index contributed by atoms with van der Waals surface area (Å²) in [6.45, 7) is 9.27. The van der Waals surface area contributed by atoms with Crippen LogP contribution < -0.4 is 15.5 Å². The van der Waals surface area contributed by atoms with Gasteiger partial charge in [-0.25, -0.2) is 0 Å². The van der Waals surface area contributed by atoms with Crippen LogP contribution in [0.2, 0.25) is 0 Å². The van der Waals surface area contributed by atoms with Crippen molar-refractivity contribution < 1.29 is 9.59 Å². The third kappa shape index (κ3) is 6.52. The summed E-state index contributed by atoms with van der Waals surface area (Å²) in [5, 5.41) is 6.02. The van der Waals surface area contributed by atoms with Crippen molar-refractivity contribution in [1.29, 1.82) is 0 Å². The van der Waals surface area contributed by atoms with Crippen molar-refractivity contribution >= 4 is 40.5 Å². The summed E-state index contributed by atoms with van der Waals surface area (Å²) in [5.74, 6) is 0.396. The molecule has 164 valence electrons. The number of carbonyl (C=O) groups is 2. The lowest BCUT2D eigenvalue weighted by Gasteiger charge is -2.36. The number of hydrogen-bond acceptors (Lipinski definition) is 4. The number of nitrogens with zero attached hydrogens (tertiary/aromatic N) is 2. The lowest BCUT2D eigenvalue weighted by Crippen LogP contribution is -2.49. The first-order chi connectivity index (χ1) is 14.8. The van der Waals surface area contributed by atoms with E-state index in [1.807, 2.05) is 48.2 Å². The Morgan fingerprint density at radius 2 is 1.58 bits per heavy atom. The van der Waals surface area contributed by atoms with Crippen molar-refractivity contribution in [3.63, 3.8) is 0 Å². The monoisotopic (exact) mass is 438 g/mol. The van der Waals surface area contributed by atoms with Gasteiger partial charge < -0.3 is 15.1 Å². The summed E-state index contributed by atoms with van der Waals surface area (Å²) in [7, 11) is 0. The molecular weight excluding hydrogens is 408 g/mol. The number of piperazine rings is 1. The quantitative estimate of drug-likeness (QED) is 0.695. The molecule has 0 radical (unpaired) electrons. The van der Waals surface area contributed by atoms with Gasteiger partial charge in [0.1, 0.15) is 0 Å². The van der Waals surface area contributed by atoms with E-state index in [-0.39, 0.29) is 16.9 Å². The fraction of sp³-hybridized carbons (Fsp3) is 0.375. The summed E-state index contributed by atoms with van der Waals surface area (Å²) in [6.07, 6.45) is 0.612. The van der Waals surface area contributed by atoms with Crippen LogP contribution in [0.15, 0.2) is 48.5 Å². The van der Waals surface area contributed by atoms with Crippen molar-refractivity contribution in [3.05, 3.63) is 59.7 Å². The van der Waals surface area contributed by atoms with Crippen LogP contribution in [0.5, 0.6) is 0 Å². The third-order valence-corrected chi connectivity index (χ3v) is 5.45. The molecule has 1 fully saturated rings. The van der Waals surface area contributed by atoms with Crippen molar-refractivity contribution in [2.45, 2.75) is 27.2 Å². The van der Waals surface area contributed by atoms with E-state index in [1.54, 1.807) is 12.1 Å². The van der Waals surface area contributed by atoms with E-state index in [0.717, 1.165) is 43.1 Å². The molecule has 0 saturated carbocycles. The molecule has 1 heterocycles. The topological polar surface area (TPSA) is 64.7 Å². The molecule has 2 amide bonds.